The van der Waals surface area contributed by atoms with Crippen molar-refractivity contribution in [3.8, 4) is 0 Å². The molecule has 1 aliphatic heterocycles. The molecule has 2 heterocycles. The Morgan fingerprint density at radius 3 is 2.57 bits per heavy atom. The number of nitrogens with zero attached hydrogens (tertiary/aromatic N) is 2. The van der Waals surface area contributed by atoms with Gasteiger partial charge in [-0.2, -0.15) is 0 Å². The summed E-state index contributed by atoms with van der Waals surface area (Å²) in [5, 5.41) is 2.53. The number of dihydropyridines is 1. The summed E-state index contributed by atoms with van der Waals surface area (Å²) >= 11 is 0. The summed E-state index contributed by atoms with van der Waals surface area (Å²) in [6.45, 7) is 4.76. The van der Waals surface area contributed by atoms with Crippen molar-refractivity contribution in [2.75, 3.05) is 0 Å². The fraction of sp³-hybridized carbons (Fsp3) is 0.224. The van der Waals surface area contributed by atoms with Gasteiger partial charge in [0.15, 0.2) is 0 Å². The highest BCUT2D eigenvalue weighted by molar-refractivity contribution is 6.10. The second kappa shape index (κ2) is 13.8. The highest BCUT2D eigenvalue weighted by atomic mass is 14.8. The quantitative estimate of drug-likeness (QED) is 0.258. The largest absolute Gasteiger partial charge is 0.284 e. The lowest BCUT2D eigenvalue weighted by molar-refractivity contribution is 0.518. The van der Waals surface area contributed by atoms with E-state index in [-0.39, 0.29) is 6.04 Å². The number of aromatic nitrogens is 1. The minimum atomic E-state index is 0.214. The molecule has 2 aromatic carbocycles. The van der Waals surface area contributed by atoms with Crippen molar-refractivity contribution in [2.45, 2.75) is 56.9 Å². The van der Waals surface area contributed by atoms with Crippen molar-refractivity contribution in [3.05, 3.63) is 197 Å². The lowest BCUT2D eigenvalue weighted by Crippen LogP contribution is -2.18. The molecule has 0 N–H and O–H groups in total. The Kier molecular flexibility index (Phi) is 8.53. The third-order valence-corrected chi connectivity index (χ3v) is 11.6. The molecular formula is C49H44N2. The molecule has 3 aromatic rings. The van der Waals surface area contributed by atoms with Crippen molar-refractivity contribution in [2.24, 2.45) is 16.8 Å². The van der Waals surface area contributed by atoms with E-state index in [2.05, 4.69) is 140 Å². The lowest BCUT2D eigenvalue weighted by Gasteiger charge is -2.33. The Hall–Kier alpha value is -5.34. The minimum Gasteiger partial charge on any atom is -0.284 e. The molecule has 6 aliphatic rings. The van der Waals surface area contributed by atoms with Crippen molar-refractivity contribution in [1.82, 2.24) is 4.98 Å². The Labute approximate surface area is 302 Å². The van der Waals surface area contributed by atoms with E-state index >= 15 is 0 Å². The molecule has 2 nitrogen and oxygen atoms in total. The first kappa shape index (κ1) is 31.6. The summed E-state index contributed by atoms with van der Waals surface area (Å²) in [5.41, 5.74) is 14.4. The van der Waals surface area contributed by atoms with Crippen molar-refractivity contribution < 1.29 is 0 Å². The normalized spacial score (nSPS) is 26.0. The SMILES string of the molecule is C=C(C1=CCCC=C1/C(C1=CC=C2C=CC=CC2C1)=C1\CCCC(c2ccc(C3=CC4C=CC=CC4N=C3)nc2)C1)c1ccc2ccccc2c1. The van der Waals surface area contributed by atoms with Crippen LogP contribution in [0.3, 0.4) is 0 Å². The fourth-order valence-electron chi connectivity index (χ4n) is 8.85. The molecule has 2 heteroatoms. The van der Waals surface area contributed by atoms with Gasteiger partial charge in [-0.25, -0.2) is 0 Å². The number of benzene rings is 2. The summed E-state index contributed by atoms with van der Waals surface area (Å²) in [5.74, 6) is 1.18. The van der Waals surface area contributed by atoms with Crippen LogP contribution in [0.15, 0.2) is 185 Å². The number of pyridine rings is 1. The van der Waals surface area contributed by atoms with E-state index in [1.807, 2.05) is 6.21 Å². The molecule has 1 fully saturated rings. The van der Waals surface area contributed by atoms with Gasteiger partial charge in [-0.3, -0.25) is 9.98 Å². The first-order valence-electron chi connectivity index (χ1n) is 18.8. The van der Waals surface area contributed by atoms with Crippen LogP contribution in [0.25, 0.3) is 21.9 Å². The molecule has 9 rings (SSSR count). The van der Waals surface area contributed by atoms with Gasteiger partial charge in [0.05, 0.1) is 11.7 Å². The maximum Gasteiger partial charge on any atom is 0.0780 e. The number of allylic oxidation sites excluding steroid dienone is 18. The van der Waals surface area contributed by atoms with Gasteiger partial charge in [0.2, 0.25) is 0 Å². The summed E-state index contributed by atoms with van der Waals surface area (Å²) < 4.78 is 0. The van der Waals surface area contributed by atoms with Crippen LogP contribution in [0, 0.1) is 11.8 Å². The number of aliphatic imine (C=N–C) groups is 1. The molecular weight excluding hydrogens is 617 g/mol. The van der Waals surface area contributed by atoms with Crippen LogP contribution in [0.4, 0.5) is 0 Å². The third kappa shape index (κ3) is 6.29. The third-order valence-electron chi connectivity index (χ3n) is 11.6. The van der Waals surface area contributed by atoms with Gasteiger partial charge in [-0.05, 0) is 118 Å². The van der Waals surface area contributed by atoms with Crippen molar-refractivity contribution >= 4 is 28.1 Å². The molecule has 0 radical (unpaired) electrons. The molecule has 4 atom stereocenters. The molecule has 0 amide bonds. The van der Waals surface area contributed by atoms with Crippen LogP contribution in [0.5, 0.6) is 0 Å². The van der Waals surface area contributed by atoms with Crippen LogP contribution in [0.2, 0.25) is 0 Å². The van der Waals surface area contributed by atoms with Crippen molar-refractivity contribution in [3.63, 3.8) is 0 Å². The highest BCUT2D eigenvalue weighted by Crippen LogP contribution is 2.47. The maximum atomic E-state index is 5.02. The molecule has 4 unspecified atom stereocenters. The first-order chi connectivity index (χ1) is 25.2. The predicted molar refractivity (Wildman–Crippen MR) is 215 cm³/mol. The van der Waals surface area contributed by atoms with E-state index < -0.39 is 0 Å². The predicted octanol–water partition coefficient (Wildman–Crippen LogP) is 12.1. The van der Waals surface area contributed by atoms with Crippen LogP contribution < -0.4 is 0 Å². The molecule has 51 heavy (non-hydrogen) atoms. The molecule has 0 bridgehead atoms. The number of fused-ring (bicyclic) bond motifs is 3. The minimum absolute atomic E-state index is 0.214. The van der Waals surface area contributed by atoms with Crippen LogP contribution in [-0.2, 0) is 0 Å². The monoisotopic (exact) mass is 660 g/mol. The van der Waals surface area contributed by atoms with Gasteiger partial charge in [0.1, 0.15) is 0 Å². The summed E-state index contributed by atoms with van der Waals surface area (Å²) in [6, 6.07) is 20.2. The second-order valence-electron chi connectivity index (χ2n) is 14.8. The summed E-state index contributed by atoms with van der Waals surface area (Å²) in [7, 11) is 0. The average molecular weight is 661 g/mol. The standard InChI is InChI=1S/C49H44N2/c1-33(36-23-21-34-11-2-4-13-37(34)27-36)45-18-7-8-19-46(45)49(42-24-22-35-12-3-5-14-38(35)28-42)41-17-10-16-39(29-41)43-25-26-48(50-31-43)44-30-40-15-6-9-20-47(40)51-32-44/h2-6,9,11-15,18-27,30-32,38-40,47H,1,7-8,10,16-17,28-29H2/b49-41+. The fourth-order valence-corrected chi connectivity index (χ4v) is 8.85. The molecule has 0 saturated heterocycles. The van der Waals surface area contributed by atoms with Gasteiger partial charge in [-0.1, -0.05) is 134 Å². The Morgan fingerprint density at radius 1 is 0.804 bits per heavy atom. The number of hydrogen-bond acceptors (Lipinski definition) is 2. The van der Waals surface area contributed by atoms with Crippen LogP contribution >= 0.6 is 0 Å². The zero-order chi connectivity index (χ0) is 34.1. The highest BCUT2D eigenvalue weighted by Gasteiger charge is 2.30. The van der Waals surface area contributed by atoms with E-state index in [1.165, 1.54) is 62.6 Å². The van der Waals surface area contributed by atoms with E-state index in [9.17, 15) is 0 Å². The lowest BCUT2D eigenvalue weighted by atomic mass is 9.72. The van der Waals surface area contributed by atoms with Crippen LogP contribution in [-0.4, -0.2) is 17.2 Å². The topological polar surface area (TPSA) is 25.2 Å². The van der Waals surface area contributed by atoms with Gasteiger partial charge >= 0.3 is 0 Å². The van der Waals surface area contributed by atoms with E-state index in [0.717, 1.165) is 48.9 Å². The van der Waals surface area contributed by atoms with Crippen LogP contribution in [0.1, 0.15) is 67.7 Å². The van der Waals surface area contributed by atoms with Gasteiger partial charge in [-0.15, -0.1) is 0 Å². The van der Waals surface area contributed by atoms with E-state index in [0.29, 0.717) is 17.8 Å². The average Bonchev–Trinajstić information content (AvgIpc) is 3.20. The molecule has 1 aromatic heterocycles. The smallest absolute Gasteiger partial charge is 0.0780 e. The molecule has 250 valence electrons. The van der Waals surface area contributed by atoms with Gasteiger partial charge < -0.3 is 0 Å². The number of hydrogen-bond donors (Lipinski definition) is 0. The zero-order valence-electron chi connectivity index (χ0n) is 29.2. The Balaban J connectivity index is 1.06. The first-order valence-corrected chi connectivity index (χ1v) is 18.8. The summed E-state index contributed by atoms with van der Waals surface area (Å²) in [6.07, 6.45) is 41.6. The van der Waals surface area contributed by atoms with Gasteiger partial charge in [0.25, 0.3) is 0 Å². The molecule has 1 saturated carbocycles. The molecule has 0 spiro atoms. The van der Waals surface area contributed by atoms with Crippen molar-refractivity contribution in [1.29, 1.82) is 0 Å². The van der Waals surface area contributed by atoms with E-state index in [4.69, 9.17) is 16.6 Å². The van der Waals surface area contributed by atoms with Gasteiger partial charge in [0, 0.05) is 29.8 Å². The van der Waals surface area contributed by atoms with E-state index in [1.54, 1.807) is 5.57 Å². The Bertz CT molecular complexity index is 2250. The summed E-state index contributed by atoms with van der Waals surface area (Å²) in [4.78, 5) is 9.82. The maximum absolute atomic E-state index is 5.02. The number of rotatable bonds is 6. The Morgan fingerprint density at radius 2 is 1.67 bits per heavy atom. The molecule has 5 aliphatic carbocycles. The zero-order valence-corrected chi connectivity index (χ0v) is 29.2. The second-order valence-corrected chi connectivity index (χ2v) is 14.8.